The van der Waals surface area contributed by atoms with Crippen LogP contribution < -0.4 is 9.46 Å². The van der Waals surface area contributed by atoms with Crippen LogP contribution in [0.5, 0.6) is 5.75 Å². The van der Waals surface area contributed by atoms with E-state index in [1.807, 2.05) is 41.1 Å². The van der Waals surface area contributed by atoms with E-state index in [-0.39, 0.29) is 23.1 Å². The molecule has 0 unspecified atom stereocenters. The van der Waals surface area contributed by atoms with Crippen molar-refractivity contribution in [3.05, 3.63) is 114 Å². The Bertz CT molecular complexity index is 2060. The molecular formula is C37H39F3N2O6S2. The molecule has 50 heavy (non-hydrogen) atoms. The SMILES string of the molecule is CC(C)c1ccc(-c2cccc(S(=O)(=O)N3CCC[C@H](c4cccc(OC(C)(C)C(=O)NS(=O)(=O)c5ccc(C(F)(F)F)cc5)c4)C3)c2)cc1. The van der Waals surface area contributed by atoms with Crippen molar-refractivity contribution in [1.82, 2.24) is 9.03 Å². The van der Waals surface area contributed by atoms with E-state index >= 15 is 0 Å². The van der Waals surface area contributed by atoms with Crippen molar-refractivity contribution in [1.29, 1.82) is 0 Å². The van der Waals surface area contributed by atoms with Gasteiger partial charge < -0.3 is 4.74 Å². The van der Waals surface area contributed by atoms with Gasteiger partial charge in [-0.25, -0.2) is 21.6 Å². The molecule has 5 rings (SSSR count). The zero-order valence-electron chi connectivity index (χ0n) is 28.1. The first-order chi connectivity index (χ1) is 23.4. The van der Waals surface area contributed by atoms with Crippen molar-refractivity contribution in [2.75, 3.05) is 13.1 Å². The molecule has 13 heteroatoms. The minimum absolute atomic E-state index is 0.175. The first kappa shape index (κ1) is 37.1. The number of hydrogen-bond acceptors (Lipinski definition) is 6. The molecule has 0 bridgehead atoms. The van der Waals surface area contributed by atoms with Gasteiger partial charge in [-0.15, -0.1) is 0 Å². The van der Waals surface area contributed by atoms with Gasteiger partial charge in [-0.3, -0.25) is 4.79 Å². The molecule has 1 saturated heterocycles. The molecule has 1 aliphatic rings. The summed E-state index contributed by atoms with van der Waals surface area (Å²) in [5, 5.41) is 0. The molecule has 1 amide bonds. The summed E-state index contributed by atoms with van der Waals surface area (Å²) >= 11 is 0. The average molecular weight is 729 g/mol. The fourth-order valence-corrected chi connectivity index (χ4v) is 8.45. The van der Waals surface area contributed by atoms with E-state index in [2.05, 4.69) is 13.8 Å². The van der Waals surface area contributed by atoms with E-state index in [4.69, 9.17) is 4.74 Å². The fourth-order valence-electron chi connectivity index (χ4n) is 5.78. The highest BCUT2D eigenvalue weighted by Gasteiger charge is 2.36. The number of amides is 1. The molecule has 0 aliphatic carbocycles. The number of carbonyl (C=O) groups is 1. The molecule has 0 spiro atoms. The van der Waals surface area contributed by atoms with Crippen LogP contribution in [0.3, 0.4) is 0 Å². The quantitative estimate of drug-likeness (QED) is 0.179. The van der Waals surface area contributed by atoms with Gasteiger partial charge in [0.2, 0.25) is 10.0 Å². The monoisotopic (exact) mass is 728 g/mol. The summed E-state index contributed by atoms with van der Waals surface area (Å²) in [6, 6.07) is 24.6. The van der Waals surface area contributed by atoms with Gasteiger partial charge in [0.25, 0.3) is 15.9 Å². The number of carbonyl (C=O) groups excluding carboxylic acids is 1. The third kappa shape index (κ3) is 8.39. The maximum Gasteiger partial charge on any atom is 0.416 e. The number of nitrogens with zero attached hydrogens (tertiary/aromatic N) is 1. The first-order valence-electron chi connectivity index (χ1n) is 16.1. The normalized spacial score (nSPS) is 16.3. The summed E-state index contributed by atoms with van der Waals surface area (Å²) in [6.45, 7) is 7.55. The topological polar surface area (TPSA) is 110 Å². The van der Waals surface area contributed by atoms with Crippen LogP contribution in [-0.4, -0.2) is 45.7 Å². The molecule has 4 aromatic carbocycles. The molecule has 1 fully saturated rings. The molecule has 8 nitrogen and oxygen atoms in total. The van der Waals surface area contributed by atoms with E-state index in [1.165, 1.54) is 23.7 Å². The standard InChI is InChI=1S/C37H39F3N2O6S2/c1-25(2)26-13-15-27(16-14-26)29-9-6-12-34(23-29)50(46,47)42-21-7-10-30(24-42)28-8-5-11-32(22-28)48-36(3,4)35(43)41-49(44,45)33-19-17-31(18-20-33)37(38,39)40/h5-6,8-9,11-20,22-23,25,30H,7,10,21,24H2,1-4H3,(H,41,43)/t30-/m0/s1. The lowest BCUT2D eigenvalue weighted by molar-refractivity contribution is -0.137. The molecule has 266 valence electrons. The Hall–Kier alpha value is -4.20. The molecule has 0 radical (unpaired) electrons. The number of hydrogen-bond donors (Lipinski definition) is 1. The summed E-state index contributed by atoms with van der Waals surface area (Å²) in [5.41, 5.74) is 0.979. The zero-order chi connectivity index (χ0) is 36.5. The lowest BCUT2D eigenvalue weighted by Crippen LogP contribution is -2.48. The number of sulfonamides is 2. The number of benzene rings is 4. The Balaban J connectivity index is 1.27. The second-order valence-electron chi connectivity index (χ2n) is 13.1. The third-order valence-electron chi connectivity index (χ3n) is 8.73. The number of ether oxygens (including phenoxy) is 1. The van der Waals surface area contributed by atoms with Crippen molar-refractivity contribution in [2.24, 2.45) is 0 Å². The Morgan fingerprint density at radius 2 is 1.50 bits per heavy atom. The molecule has 4 aromatic rings. The Labute approximate surface area is 291 Å². The van der Waals surface area contributed by atoms with Crippen molar-refractivity contribution in [2.45, 2.75) is 73.9 Å². The van der Waals surface area contributed by atoms with Crippen LogP contribution in [-0.2, 0) is 31.0 Å². The fraction of sp³-hybridized carbons (Fsp3) is 0.324. The van der Waals surface area contributed by atoms with Gasteiger partial charge in [-0.05, 0) is 109 Å². The molecule has 1 atom stereocenters. The van der Waals surface area contributed by atoms with Gasteiger partial charge in [-0.2, -0.15) is 17.5 Å². The second kappa shape index (κ2) is 14.2. The average Bonchev–Trinajstić information content (AvgIpc) is 3.08. The van der Waals surface area contributed by atoms with Gasteiger partial charge in [0, 0.05) is 13.1 Å². The van der Waals surface area contributed by atoms with Gasteiger partial charge >= 0.3 is 6.18 Å². The first-order valence-corrected chi connectivity index (χ1v) is 19.0. The van der Waals surface area contributed by atoms with Crippen LogP contribution in [0.1, 0.15) is 69.1 Å². The van der Waals surface area contributed by atoms with Crippen molar-refractivity contribution in [3.8, 4) is 16.9 Å². The number of piperidine rings is 1. The Morgan fingerprint density at radius 1 is 0.840 bits per heavy atom. The van der Waals surface area contributed by atoms with Crippen LogP contribution in [0.25, 0.3) is 11.1 Å². The molecule has 1 heterocycles. The van der Waals surface area contributed by atoms with E-state index in [9.17, 15) is 34.8 Å². The Kier molecular flexibility index (Phi) is 10.5. The van der Waals surface area contributed by atoms with Crippen LogP contribution in [0.4, 0.5) is 13.2 Å². The summed E-state index contributed by atoms with van der Waals surface area (Å²) in [4.78, 5) is 12.7. The minimum atomic E-state index is -4.65. The maximum atomic E-state index is 13.9. The molecular weight excluding hydrogens is 690 g/mol. The highest BCUT2D eigenvalue weighted by Crippen LogP contribution is 2.34. The predicted molar refractivity (Wildman–Crippen MR) is 185 cm³/mol. The zero-order valence-corrected chi connectivity index (χ0v) is 29.7. The maximum absolute atomic E-state index is 13.9. The van der Waals surface area contributed by atoms with Crippen LogP contribution in [0, 0.1) is 0 Å². The van der Waals surface area contributed by atoms with Crippen LogP contribution in [0.15, 0.2) is 107 Å². The molecule has 0 aromatic heterocycles. The number of halogens is 3. The van der Waals surface area contributed by atoms with E-state index < -0.39 is 48.2 Å². The second-order valence-corrected chi connectivity index (χ2v) is 16.8. The summed E-state index contributed by atoms with van der Waals surface area (Å²) in [7, 11) is -8.32. The van der Waals surface area contributed by atoms with Gasteiger partial charge in [0.15, 0.2) is 5.60 Å². The van der Waals surface area contributed by atoms with E-state index in [1.54, 1.807) is 36.4 Å². The lowest BCUT2D eigenvalue weighted by atomic mass is 9.91. The third-order valence-corrected chi connectivity index (χ3v) is 11.9. The number of alkyl halides is 3. The van der Waals surface area contributed by atoms with Gasteiger partial charge in [-0.1, -0.05) is 62.4 Å². The lowest BCUT2D eigenvalue weighted by Gasteiger charge is -2.32. The molecule has 0 saturated carbocycles. The van der Waals surface area contributed by atoms with Crippen LogP contribution in [0.2, 0.25) is 0 Å². The van der Waals surface area contributed by atoms with Crippen molar-refractivity contribution < 1.29 is 39.5 Å². The smallest absolute Gasteiger partial charge is 0.416 e. The highest BCUT2D eigenvalue weighted by molar-refractivity contribution is 7.90. The summed E-state index contributed by atoms with van der Waals surface area (Å²) < 4.78 is 101. The number of nitrogens with one attached hydrogen (secondary N) is 1. The predicted octanol–water partition coefficient (Wildman–Crippen LogP) is 7.73. The minimum Gasteiger partial charge on any atom is -0.478 e. The van der Waals surface area contributed by atoms with Crippen LogP contribution >= 0.6 is 0 Å². The molecule has 1 N–H and O–H groups in total. The number of rotatable bonds is 10. The largest absolute Gasteiger partial charge is 0.478 e. The van der Waals surface area contributed by atoms with Crippen molar-refractivity contribution in [3.63, 3.8) is 0 Å². The van der Waals surface area contributed by atoms with E-state index in [0.717, 1.165) is 28.8 Å². The van der Waals surface area contributed by atoms with Crippen molar-refractivity contribution >= 4 is 26.0 Å². The Morgan fingerprint density at radius 3 is 2.14 bits per heavy atom. The highest BCUT2D eigenvalue weighted by atomic mass is 32.2. The summed E-state index contributed by atoms with van der Waals surface area (Å²) in [5.74, 6) is -0.569. The van der Waals surface area contributed by atoms with Gasteiger partial charge in [0.1, 0.15) is 5.75 Å². The summed E-state index contributed by atoms with van der Waals surface area (Å²) in [6.07, 6.45) is -3.30. The molecule has 1 aliphatic heterocycles. The van der Waals surface area contributed by atoms with E-state index in [0.29, 0.717) is 37.4 Å². The van der Waals surface area contributed by atoms with Gasteiger partial charge in [0.05, 0.1) is 15.4 Å².